The lowest BCUT2D eigenvalue weighted by Crippen LogP contribution is -2.61. The van der Waals surface area contributed by atoms with Crippen molar-refractivity contribution in [3.05, 3.63) is 47.6 Å². The van der Waals surface area contributed by atoms with E-state index in [4.69, 9.17) is 23.7 Å². The van der Waals surface area contributed by atoms with Crippen molar-refractivity contribution in [3.8, 4) is 0 Å². The standard InChI is InChI=1S/C51H81NO12/c1-31-16-12-11-13-17-33(3)43(60-8)29-39-21-19-37(7)51(59,64-39)48(56)49(57)52-23-15-14-18-40(52)50(58)63-44(35(5)27-38-20-22-41(53)45(28-38)61-9)30-42(54)34(4)26-36(6)47(55)46(62-10)25-32(2)24-31/h11-13,16-17,26,31-32,34-35,37-41,43-47,53,55,59H,14-15,18-25,27-30H2,1-10H3/b13-11+,16-12+,33-17+,36-26+/t31-,32-,34-,35-,37-,38+,39+,40+,41-,43+,44+,45-,46+,47-,51-/m1/s1. The number of carbonyl (C=O) groups is 4. The predicted molar refractivity (Wildman–Crippen MR) is 245 cm³/mol. The molecule has 4 aliphatic rings. The van der Waals surface area contributed by atoms with Crippen molar-refractivity contribution < 1.29 is 58.2 Å². The van der Waals surface area contributed by atoms with Crippen molar-refractivity contribution in [2.45, 2.75) is 186 Å². The first-order valence-electron chi connectivity index (χ1n) is 24.0. The first-order valence-corrected chi connectivity index (χ1v) is 24.0. The average molecular weight is 900 g/mol. The van der Waals surface area contributed by atoms with E-state index in [0.717, 1.165) is 18.4 Å². The zero-order chi connectivity index (χ0) is 47.3. The average Bonchev–Trinajstić information content (AvgIpc) is 3.27. The van der Waals surface area contributed by atoms with Crippen molar-refractivity contribution in [1.82, 2.24) is 4.90 Å². The van der Waals surface area contributed by atoms with E-state index in [9.17, 15) is 34.5 Å². The molecule has 13 nitrogen and oxygen atoms in total. The predicted octanol–water partition coefficient (Wildman–Crippen LogP) is 7.00. The highest BCUT2D eigenvalue weighted by Gasteiger charge is 2.53. The Morgan fingerprint density at radius 1 is 0.828 bits per heavy atom. The highest BCUT2D eigenvalue weighted by Crippen LogP contribution is 2.38. The fourth-order valence-electron chi connectivity index (χ4n) is 10.3. The van der Waals surface area contributed by atoms with Gasteiger partial charge in [-0.1, -0.05) is 71.1 Å². The first-order chi connectivity index (χ1) is 30.3. The van der Waals surface area contributed by atoms with Crippen LogP contribution in [0.4, 0.5) is 0 Å². The molecule has 1 saturated carbocycles. The molecule has 15 atom stereocenters. The summed E-state index contributed by atoms with van der Waals surface area (Å²) in [4.78, 5) is 58.1. The molecule has 13 heteroatoms. The van der Waals surface area contributed by atoms with Crippen molar-refractivity contribution >= 4 is 23.4 Å². The number of methoxy groups -OCH3 is 3. The number of cyclic esters (lactones) is 1. The van der Waals surface area contributed by atoms with E-state index in [-0.39, 0.29) is 61.0 Å². The van der Waals surface area contributed by atoms with Crippen molar-refractivity contribution in [2.24, 2.45) is 35.5 Å². The monoisotopic (exact) mass is 900 g/mol. The van der Waals surface area contributed by atoms with Gasteiger partial charge in [0, 0.05) is 52.6 Å². The zero-order valence-electron chi connectivity index (χ0n) is 40.4. The molecular weight excluding hydrogens is 819 g/mol. The van der Waals surface area contributed by atoms with Crippen LogP contribution in [0.1, 0.15) is 132 Å². The lowest BCUT2D eigenvalue weighted by Gasteiger charge is -2.42. The summed E-state index contributed by atoms with van der Waals surface area (Å²) in [7, 11) is 4.78. The van der Waals surface area contributed by atoms with Gasteiger partial charge < -0.3 is 43.9 Å². The maximum absolute atomic E-state index is 14.4. The Morgan fingerprint density at radius 2 is 1.55 bits per heavy atom. The third-order valence-electron chi connectivity index (χ3n) is 14.5. The van der Waals surface area contributed by atoms with Crippen molar-refractivity contribution in [2.75, 3.05) is 27.9 Å². The van der Waals surface area contributed by atoms with Crippen LogP contribution < -0.4 is 0 Å². The molecule has 3 fully saturated rings. The van der Waals surface area contributed by atoms with Gasteiger partial charge in [-0.2, -0.15) is 0 Å². The number of esters is 1. The van der Waals surface area contributed by atoms with Gasteiger partial charge in [-0.05, 0) is 119 Å². The van der Waals surface area contributed by atoms with Crippen LogP contribution in [0.25, 0.3) is 0 Å². The first kappa shape index (κ1) is 53.6. The van der Waals surface area contributed by atoms with Crippen molar-refractivity contribution in [3.63, 3.8) is 0 Å². The van der Waals surface area contributed by atoms with Crippen LogP contribution in [-0.2, 0) is 42.9 Å². The van der Waals surface area contributed by atoms with Gasteiger partial charge in [-0.25, -0.2) is 4.79 Å². The Hall–Kier alpha value is -3.04. The molecule has 0 unspecified atom stereocenters. The molecule has 0 aromatic carbocycles. The van der Waals surface area contributed by atoms with Crippen LogP contribution >= 0.6 is 0 Å². The number of Topliss-reactive ketones (excluding diaryl/α,β-unsaturated/α-hetero) is 2. The van der Waals surface area contributed by atoms with Crippen LogP contribution in [-0.4, -0.2) is 126 Å². The lowest BCUT2D eigenvalue weighted by atomic mass is 9.78. The summed E-state index contributed by atoms with van der Waals surface area (Å²) in [6.45, 7) is 13.6. The van der Waals surface area contributed by atoms with Gasteiger partial charge in [-0.3, -0.25) is 14.4 Å². The number of fused-ring (bicyclic) bond motifs is 3. The van der Waals surface area contributed by atoms with Gasteiger partial charge in [0.1, 0.15) is 24.0 Å². The molecule has 3 N–H and O–H groups in total. The summed E-state index contributed by atoms with van der Waals surface area (Å²) >= 11 is 0. The van der Waals surface area contributed by atoms with Gasteiger partial charge in [0.15, 0.2) is 0 Å². The fourth-order valence-corrected chi connectivity index (χ4v) is 10.3. The van der Waals surface area contributed by atoms with Gasteiger partial charge in [0.25, 0.3) is 11.7 Å². The molecule has 0 aromatic rings. The van der Waals surface area contributed by atoms with Crippen LogP contribution in [0, 0.1) is 35.5 Å². The quantitative estimate of drug-likeness (QED) is 0.142. The highest BCUT2D eigenvalue weighted by atomic mass is 16.6. The smallest absolute Gasteiger partial charge is 0.329 e. The largest absolute Gasteiger partial charge is 0.460 e. The van der Waals surface area contributed by atoms with Gasteiger partial charge >= 0.3 is 5.97 Å². The molecule has 64 heavy (non-hydrogen) atoms. The SMILES string of the molecule is CO[C@H]1C[C@@H]2CC[C@@H](C)[C@@](O)(O2)C(=O)C(=O)N2CCCC[C@H]2C(=O)O[C@H]([C@H](C)C[C@@H]2CC[C@@H](O)[C@H](OC)C2)CC(=O)[C@H](C)/C=C(\C)[C@@H](O)[C@@H](OC)C[C@H](C)C[C@H](C)/C=C/C=C/C=C/1C. The number of carbonyl (C=O) groups excluding carboxylic acids is 4. The molecule has 2 saturated heterocycles. The number of allylic oxidation sites excluding steroid dienone is 6. The van der Waals surface area contributed by atoms with Crippen LogP contribution in [0.5, 0.6) is 0 Å². The number of ketones is 2. The normalized spacial score (nSPS) is 40.8. The number of ether oxygens (including phenoxy) is 5. The van der Waals surface area contributed by atoms with Gasteiger partial charge in [0.05, 0.1) is 30.5 Å². The number of aliphatic hydroxyl groups excluding tert-OH is 2. The van der Waals surface area contributed by atoms with Gasteiger partial charge in [-0.15, -0.1) is 0 Å². The highest BCUT2D eigenvalue weighted by molar-refractivity contribution is 6.39. The van der Waals surface area contributed by atoms with E-state index in [1.807, 2.05) is 38.2 Å². The molecule has 3 aliphatic heterocycles. The minimum absolute atomic E-state index is 0.106. The van der Waals surface area contributed by atoms with E-state index in [1.54, 1.807) is 48.2 Å². The fraction of sp³-hybridized carbons (Fsp3) is 0.765. The summed E-state index contributed by atoms with van der Waals surface area (Å²) in [6.07, 6.45) is 14.3. The van der Waals surface area contributed by atoms with E-state index in [1.165, 1.54) is 4.90 Å². The molecule has 1 aliphatic carbocycles. The lowest BCUT2D eigenvalue weighted by molar-refractivity contribution is -0.265. The zero-order valence-corrected chi connectivity index (χ0v) is 40.4. The molecule has 4 rings (SSSR count). The molecule has 0 spiro atoms. The second kappa shape index (κ2) is 25.2. The Balaban J connectivity index is 1.68. The molecule has 2 bridgehead atoms. The van der Waals surface area contributed by atoms with E-state index >= 15 is 0 Å². The number of hydrogen-bond donors (Lipinski definition) is 3. The molecular formula is C51H81NO12. The summed E-state index contributed by atoms with van der Waals surface area (Å²) in [5.74, 6) is -6.38. The Morgan fingerprint density at radius 3 is 2.23 bits per heavy atom. The molecule has 0 radical (unpaired) electrons. The molecule has 3 heterocycles. The van der Waals surface area contributed by atoms with Crippen LogP contribution in [0.3, 0.4) is 0 Å². The summed E-state index contributed by atoms with van der Waals surface area (Å²) in [5.41, 5.74) is 1.54. The topological polar surface area (TPSA) is 178 Å². The minimum atomic E-state index is -2.40. The summed E-state index contributed by atoms with van der Waals surface area (Å²) in [6, 6.07) is -1.10. The Kier molecular flexibility index (Phi) is 21.1. The number of amides is 1. The van der Waals surface area contributed by atoms with E-state index in [2.05, 4.69) is 19.9 Å². The number of hydrogen-bond acceptors (Lipinski definition) is 12. The molecule has 1 amide bonds. The van der Waals surface area contributed by atoms with E-state index in [0.29, 0.717) is 63.4 Å². The second-order valence-electron chi connectivity index (χ2n) is 19.7. The Bertz CT molecular complexity index is 1670. The van der Waals surface area contributed by atoms with Crippen molar-refractivity contribution in [1.29, 1.82) is 0 Å². The third-order valence-corrected chi connectivity index (χ3v) is 14.5. The second-order valence-corrected chi connectivity index (χ2v) is 19.7. The molecule has 362 valence electrons. The maximum Gasteiger partial charge on any atom is 0.329 e. The summed E-state index contributed by atoms with van der Waals surface area (Å²) in [5, 5.41) is 33.9. The minimum Gasteiger partial charge on any atom is -0.460 e. The number of nitrogens with zero attached hydrogens (tertiary/aromatic N) is 1. The number of piperidine rings is 1. The third kappa shape index (κ3) is 14.5. The Labute approximate surface area is 383 Å². The summed E-state index contributed by atoms with van der Waals surface area (Å²) < 4.78 is 29.7. The van der Waals surface area contributed by atoms with Crippen LogP contribution in [0.15, 0.2) is 47.6 Å². The van der Waals surface area contributed by atoms with Crippen LogP contribution in [0.2, 0.25) is 0 Å². The van der Waals surface area contributed by atoms with Gasteiger partial charge in [0.2, 0.25) is 5.79 Å². The number of aliphatic hydroxyl groups is 3. The maximum atomic E-state index is 14.4. The van der Waals surface area contributed by atoms with E-state index < -0.39 is 71.8 Å². The number of rotatable bonds is 6. The molecule has 0 aromatic heterocycles.